The number of halogens is 4. The lowest BCUT2D eigenvalue weighted by Gasteiger charge is -2.34. The van der Waals surface area contributed by atoms with Crippen LogP contribution < -0.4 is 0 Å². The van der Waals surface area contributed by atoms with Crippen LogP contribution in [0.1, 0.15) is 36.8 Å². The molecule has 0 bridgehead atoms. The molecule has 1 saturated carbocycles. The normalized spacial score (nSPS) is 18.3. The van der Waals surface area contributed by atoms with E-state index in [1.54, 1.807) is 17.0 Å². The molecule has 1 aliphatic carbocycles. The first-order valence-corrected chi connectivity index (χ1v) is 12.2. The summed E-state index contributed by atoms with van der Waals surface area (Å²) in [6, 6.07) is 9.82. The highest BCUT2D eigenvalue weighted by molar-refractivity contribution is 7.89. The second-order valence-corrected chi connectivity index (χ2v) is 10.5. The zero-order valence-corrected chi connectivity index (χ0v) is 18.6. The Kier molecular flexibility index (Phi) is 6.50. The first-order chi connectivity index (χ1) is 15.6. The quantitative estimate of drug-likeness (QED) is 0.570. The fraction of sp³-hybridized carbons (Fsp3) is 0.435. The van der Waals surface area contributed by atoms with Gasteiger partial charge in [0.05, 0.1) is 10.5 Å². The molecule has 33 heavy (non-hydrogen) atoms. The van der Waals surface area contributed by atoms with E-state index in [-0.39, 0.29) is 36.8 Å². The third-order valence-electron chi connectivity index (χ3n) is 6.14. The number of hydrogen-bond donors (Lipinski definition) is 0. The lowest BCUT2D eigenvalue weighted by atomic mass is 9.96. The summed E-state index contributed by atoms with van der Waals surface area (Å²) < 4.78 is 79.1. The maximum absolute atomic E-state index is 13.2. The Morgan fingerprint density at radius 3 is 2.21 bits per heavy atom. The fourth-order valence-electron chi connectivity index (χ4n) is 4.12. The number of carbonyl (C=O) groups excluding carboxylic acids is 1. The van der Waals surface area contributed by atoms with Gasteiger partial charge in [-0.05, 0) is 61.6 Å². The number of carbonyl (C=O) groups is 1. The molecule has 2 aromatic carbocycles. The summed E-state index contributed by atoms with van der Waals surface area (Å²) in [5.41, 5.74) is -0.198. The molecule has 178 valence electrons. The van der Waals surface area contributed by atoms with Crippen LogP contribution in [0.2, 0.25) is 0 Å². The molecule has 1 saturated heterocycles. The van der Waals surface area contributed by atoms with Crippen molar-refractivity contribution in [2.75, 3.05) is 13.1 Å². The van der Waals surface area contributed by atoms with Crippen molar-refractivity contribution in [1.82, 2.24) is 9.21 Å². The smallest absolute Gasteiger partial charge is 0.335 e. The van der Waals surface area contributed by atoms with E-state index in [0.29, 0.717) is 25.5 Å². The van der Waals surface area contributed by atoms with Gasteiger partial charge in [0, 0.05) is 31.6 Å². The Morgan fingerprint density at radius 2 is 1.64 bits per heavy atom. The van der Waals surface area contributed by atoms with Crippen LogP contribution in [0.25, 0.3) is 0 Å². The lowest BCUT2D eigenvalue weighted by Crippen LogP contribution is -2.44. The van der Waals surface area contributed by atoms with Crippen LogP contribution in [-0.4, -0.2) is 42.7 Å². The number of alkyl halides is 3. The minimum Gasteiger partial charge on any atom is -0.335 e. The predicted molar refractivity (Wildman–Crippen MR) is 113 cm³/mol. The van der Waals surface area contributed by atoms with E-state index < -0.39 is 26.7 Å². The number of hydrogen-bond acceptors (Lipinski definition) is 3. The number of sulfonamides is 1. The van der Waals surface area contributed by atoms with Crippen molar-refractivity contribution in [1.29, 1.82) is 0 Å². The van der Waals surface area contributed by atoms with Crippen LogP contribution in [0.3, 0.4) is 0 Å². The third kappa shape index (κ3) is 5.38. The Bertz CT molecular complexity index is 1110. The van der Waals surface area contributed by atoms with Crippen molar-refractivity contribution < 1.29 is 30.8 Å². The summed E-state index contributed by atoms with van der Waals surface area (Å²) in [6.07, 6.45) is -2.25. The molecule has 2 fully saturated rings. The van der Waals surface area contributed by atoms with Crippen molar-refractivity contribution >= 4 is 15.9 Å². The van der Waals surface area contributed by atoms with E-state index in [1.807, 2.05) is 0 Å². The molecule has 0 unspecified atom stereocenters. The van der Waals surface area contributed by atoms with Gasteiger partial charge in [0.1, 0.15) is 5.82 Å². The second-order valence-electron chi connectivity index (χ2n) is 8.53. The maximum Gasteiger partial charge on any atom is 0.416 e. The molecule has 0 radical (unpaired) electrons. The molecule has 0 spiro atoms. The largest absolute Gasteiger partial charge is 0.416 e. The van der Waals surface area contributed by atoms with Crippen LogP contribution in [0.4, 0.5) is 17.6 Å². The Balaban J connectivity index is 1.42. The average Bonchev–Trinajstić information content (AvgIpc) is 3.63. The third-order valence-corrected chi connectivity index (χ3v) is 8.03. The zero-order valence-electron chi connectivity index (χ0n) is 17.8. The van der Waals surface area contributed by atoms with E-state index in [1.165, 1.54) is 12.1 Å². The molecule has 1 aliphatic heterocycles. The molecule has 1 amide bonds. The minimum atomic E-state index is -4.64. The van der Waals surface area contributed by atoms with Crippen LogP contribution in [0, 0.1) is 11.7 Å². The molecule has 4 rings (SSSR count). The number of benzene rings is 2. The first-order valence-electron chi connectivity index (χ1n) is 10.8. The summed E-state index contributed by atoms with van der Waals surface area (Å²) in [5.74, 6) is -0.769. The van der Waals surface area contributed by atoms with Gasteiger partial charge in [0.25, 0.3) is 0 Å². The van der Waals surface area contributed by atoms with Crippen molar-refractivity contribution in [3.63, 3.8) is 0 Å². The van der Waals surface area contributed by atoms with Gasteiger partial charge in [0.15, 0.2) is 0 Å². The van der Waals surface area contributed by atoms with E-state index in [4.69, 9.17) is 0 Å². The highest BCUT2D eigenvalue weighted by atomic mass is 32.2. The molecule has 1 heterocycles. The molecule has 2 aliphatic rings. The van der Waals surface area contributed by atoms with Crippen molar-refractivity contribution in [3.05, 3.63) is 65.5 Å². The SMILES string of the molecule is O=C(C1CCN(S(=O)(=O)c2cccc(C(F)(F)F)c2)CC1)N(Cc1ccc(F)cc1)C1CC1. The number of amides is 1. The molecule has 2 aromatic rings. The van der Waals surface area contributed by atoms with E-state index in [0.717, 1.165) is 40.9 Å². The van der Waals surface area contributed by atoms with Gasteiger partial charge in [0.2, 0.25) is 15.9 Å². The minimum absolute atomic E-state index is 0.0575. The molecule has 10 heteroatoms. The standard InChI is InChI=1S/C23H24F4N2O3S/c24-19-6-4-16(5-7-19)15-29(20-8-9-20)22(30)17-10-12-28(13-11-17)33(31,32)21-3-1-2-18(14-21)23(25,26)27/h1-7,14,17,20H,8-13,15H2. The van der Waals surface area contributed by atoms with Crippen molar-refractivity contribution in [2.24, 2.45) is 5.92 Å². The van der Waals surface area contributed by atoms with Crippen LogP contribution in [0.5, 0.6) is 0 Å². The molecular weight excluding hydrogens is 460 g/mol. The summed E-state index contributed by atoms with van der Waals surface area (Å²) in [7, 11) is -4.10. The van der Waals surface area contributed by atoms with Crippen molar-refractivity contribution in [2.45, 2.75) is 49.3 Å². The summed E-state index contributed by atoms with van der Waals surface area (Å²) in [4.78, 5) is 14.6. The van der Waals surface area contributed by atoms with Gasteiger partial charge in [-0.3, -0.25) is 4.79 Å². The monoisotopic (exact) mass is 484 g/mol. The van der Waals surface area contributed by atoms with Gasteiger partial charge >= 0.3 is 6.18 Å². The number of rotatable bonds is 6. The van der Waals surface area contributed by atoms with Crippen LogP contribution in [-0.2, 0) is 27.5 Å². The highest BCUT2D eigenvalue weighted by Gasteiger charge is 2.39. The van der Waals surface area contributed by atoms with Crippen LogP contribution in [0.15, 0.2) is 53.4 Å². The summed E-state index contributed by atoms with van der Waals surface area (Å²) >= 11 is 0. The van der Waals surface area contributed by atoms with Gasteiger partial charge < -0.3 is 4.90 Å². The molecule has 0 N–H and O–H groups in total. The average molecular weight is 485 g/mol. The maximum atomic E-state index is 13.2. The number of nitrogens with zero attached hydrogens (tertiary/aromatic N) is 2. The molecule has 0 aromatic heterocycles. The molecular formula is C23H24F4N2O3S. The Hall–Kier alpha value is -2.46. The van der Waals surface area contributed by atoms with Gasteiger partial charge in [-0.25, -0.2) is 12.8 Å². The van der Waals surface area contributed by atoms with Crippen LogP contribution >= 0.6 is 0 Å². The highest BCUT2D eigenvalue weighted by Crippen LogP contribution is 2.34. The van der Waals surface area contributed by atoms with Gasteiger partial charge in [-0.1, -0.05) is 18.2 Å². The predicted octanol–water partition coefficient (Wildman–Crippen LogP) is 4.44. The molecule has 0 atom stereocenters. The topological polar surface area (TPSA) is 57.7 Å². The summed E-state index contributed by atoms with van der Waals surface area (Å²) in [6.45, 7) is 0.487. The summed E-state index contributed by atoms with van der Waals surface area (Å²) in [5, 5.41) is 0. The van der Waals surface area contributed by atoms with E-state index in [9.17, 15) is 30.8 Å². The van der Waals surface area contributed by atoms with E-state index >= 15 is 0 Å². The fourth-order valence-corrected chi connectivity index (χ4v) is 5.64. The van der Waals surface area contributed by atoms with E-state index in [2.05, 4.69) is 0 Å². The second kappa shape index (κ2) is 9.06. The Morgan fingerprint density at radius 1 is 1.00 bits per heavy atom. The number of piperidine rings is 1. The van der Waals surface area contributed by atoms with Gasteiger partial charge in [-0.2, -0.15) is 17.5 Å². The Labute approximate surface area is 190 Å². The van der Waals surface area contributed by atoms with Crippen molar-refractivity contribution in [3.8, 4) is 0 Å². The lowest BCUT2D eigenvalue weighted by molar-refractivity contribution is -0.138. The first kappa shape index (κ1) is 23.7. The zero-order chi connectivity index (χ0) is 23.8. The molecule has 5 nitrogen and oxygen atoms in total. The van der Waals surface area contributed by atoms with Gasteiger partial charge in [-0.15, -0.1) is 0 Å².